The average Bonchev–Trinajstić information content (AvgIpc) is 3.15. The number of benzene rings is 2. The summed E-state index contributed by atoms with van der Waals surface area (Å²) in [5, 5.41) is 6.73. The van der Waals surface area contributed by atoms with Gasteiger partial charge in [0, 0.05) is 29.4 Å². The number of rotatable bonds is 5. The van der Waals surface area contributed by atoms with Gasteiger partial charge in [-0.2, -0.15) is 0 Å². The van der Waals surface area contributed by atoms with E-state index in [4.69, 9.17) is 0 Å². The third kappa shape index (κ3) is 3.17. The van der Waals surface area contributed by atoms with Crippen molar-refractivity contribution in [3.63, 3.8) is 0 Å². The number of quaternary nitrogens is 1. The Hall–Kier alpha value is -3.12. The molecule has 2 aromatic carbocycles. The van der Waals surface area contributed by atoms with Gasteiger partial charge in [-0.3, -0.25) is 4.79 Å². The Balaban J connectivity index is 1.85. The number of isocyanates is 1. The van der Waals surface area contributed by atoms with E-state index in [1.807, 2.05) is 38.1 Å². The quantitative estimate of drug-likeness (QED) is 0.335. The molecule has 0 N–H and O–H groups in total. The van der Waals surface area contributed by atoms with E-state index in [1.54, 1.807) is 6.08 Å². The lowest BCUT2D eigenvalue weighted by Crippen LogP contribution is -2.61. The zero-order chi connectivity index (χ0) is 21.5. The van der Waals surface area contributed by atoms with Crippen LogP contribution in [0.5, 0.6) is 0 Å². The van der Waals surface area contributed by atoms with Crippen LogP contribution < -0.4 is 4.59 Å². The molecule has 1 aliphatic rings. The van der Waals surface area contributed by atoms with Crippen LogP contribution in [0.2, 0.25) is 0 Å². The molecule has 6 nitrogen and oxygen atoms in total. The van der Waals surface area contributed by atoms with Gasteiger partial charge in [0.2, 0.25) is 5.00 Å². The Labute approximate surface area is 178 Å². The zero-order valence-corrected chi connectivity index (χ0v) is 17.9. The van der Waals surface area contributed by atoms with E-state index in [0.29, 0.717) is 17.0 Å². The van der Waals surface area contributed by atoms with Crippen molar-refractivity contribution >= 4 is 45.1 Å². The fourth-order valence-electron chi connectivity index (χ4n) is 4.07. The number of amides is 3. The van der Waals surface area contributed by atoms with Crippen LogP contribution in [0.15, 0.2) is 53.6 Å². The Kier molecular flexibility index (Phi) is 5.12. The first kappa shape index (κ1) is 20.2. The number of hydrogen-bond acceptors (Lipinski definition) is 5. The van der Waals surface area contributed by atoms with E-state index in [2.05, 4.69) is 29.4 Å². The summed E-state index contributed by atoms with van der Waals surface area (Å²) in [5.74, 6) is -0.293. The fourth-order valence-corrected chi connectivity index (χ4v) is 5.32. The van der Waals surface area contributed by atoms with E-state index in [0.717, 1.165) is 26.1 Å². The Morgan fingerprint density at radius 1 is 1.13 bits per heavy atom. The summed E-state index contributed by atoms with van der Waals surface area (Å²) < 4.78 is -0.543. The molecule has 1 atom stereocenters. The normalized spacial score (nSPS) is 18.6. The van der Waals surface area contributed by atoms with Gasteiger partial charge < -0.3 is 0 Å². The van der Waals surface area contributed by atoms with Crippen LogP contribution in [0.25, 0.3) is 10.8 Å². The van der Waals surface area contributed by atoms with Crippen LogP contribution in [0.1, 0.15) is 34.6 Å². The lowest BCUT2D eigenvalue weighted by molar-refractivity contribution is 0.0764. The summed E-state index contributed by atoms with van der Waals surface area (Å²) in [6.07, 6.45) is 2.19. The third-order valence-corrected chi connectivity index (χ3v) is 6.56. The van der Waals surface area contributed by atoms with Crippen molar-refractivity contribution < 1.29 is 14.4 Å². The van der Waals surface area contributed by atoms with Gasteiger partial charge in [-0.1, -0.05) is 72.2 Å². The number of imide groups is 1. The van der Waals surface area contributed by atoms with Gasteiger partial charge in [-0.05, 0) is 22.4 Å². The SMILES string of the molecule is CC(C)C[N+]1(N=C=O)C(=O)N(C)C(=O)c2cc(Cc3cccc4ccccc34)sc21. The molecule has 0 bridgehead atoms. The molecule has 1 aliphatic heterocycles. The molecule has 3 amide bonds. The first-order valence-corrected chi connectivity index (χ1v) is 10.6. The molecule has 7 heteroatoms. The number of urea groups is 1. The van der Waals surface area contributed by atoms with Crippen LogP contribution in [-0.4, -0.2) is 36.5 Å². The maximum atomic E-state index is 13.1. The van der Waals surface area contributed by atoms with Crippen molar-refractivity contribution in [2.75, 3.05) is 13.6 Å². The van der Waals surface area contributed by atoms with Crippen molar-refractivity contribution in [3.05, 3.63) is 64.5 Å². The number of thiophene rings is 1. The maximum Gasteiger partial charge on any atom is 0.459 e. The van der Waals surface area contributed by atoms with E-state index >= 15 is 0 Å². The molecule has 0 radical (unpaired) electrons. The molecule has 1 unspecified atom stereocenters. The van der Waals surface area contributed by atoms with Gasteiger partial charge in [-0.25, -0.2) is 14.5 Å². The van der Waals surface area contributed by atoms with Crippen molar-refractivity contribution in [2.45, 2.75) is 20.3 Å². The number of carbonyl (C=O) groups excluding carboxylic acids is 3. The highest BCUT2D eigenvalue weighted by Gasteiger charge is 2.54. The summed E-state index contributed by atoms with van der Waals surface area (Å²) in [6, 6.07) is 15.6. The highest BCUT2D eigenvalue weighted by Crippen LogP contribution is 2.43. The van der Waals surface area contributed by atoms with Crippen molar-refractivity contribution in [2.24, 2.45) is 11.0 Å². The van der Waals surface area contributed by atoms with Crippen LogP contribution in [0.3, 0.4) is 0 Å². The third-order valence-electron chi connectivity index (χ3n) is 5.32. The maximum absolute atomic E-state index is 13.1. The van der Waals surface area contributed by atoms with Crippen molar-refractivity contribution in [1.82, 2.24) is 9.49 Å². The van der Waals surface area contributed by atoms with E-state index in [9.17, 15) is 14.4 Å². The van der Waals surface area contributed by atoms with Crippen LogP contribution in [0, 0.1) is 5.92 Å². The number of fused-ring (bicyclic) bond motifs is 2. The molecule has 1 aromatic heterocycles. The number of hydrogen-bond donors (Lipinski definition) is 0. The molecular formula is C23H22N3O3S+. The second-order valence-electron chi connectivity index (χ2n) is 7.93. The summed E-state index contributed by atoms with van der Waals surface area (Å²) in [4.78, 5) is 39.2. The van der Waals surface area contributed by atoms with Crippen molar-refractivity contribution in [1.29, 1.82) is 0 Å². The Morgan fingerprint density at radius 3 is 2.60 bits per heavy atom. The van der Waals surface area contributed by atoms with E-state index < -0.39 is 10.6 Å². The molecule has 30 heavy (non-hydrogen) atoms. The number of nitrogens with zero attached hydrogens (tertiary/aromatic N) is 3. The molecule has 3 aromatic rings. The average molecular weight is 421 g/mol. The largest absolute Gasteiger partial charge is 0.459 e. The first-order valence-electron chi connectivity index (χ1n) is 9.77. The molecule has 2 heterocycles. The van der Waals surface area contributed by atoms with E-state index in [-0.39, 0.29) is 18.4 Å². The number of carbonyl (C=O) groups is 2. The molecule has 0 spiro atoms. The molecular weight excluding hydrogens is 398 g/mol. The summed E-state index contributed by atoms with van der Waals surface area (Å²) in [5.41, 5.74) is 1.57. The molecule has 0 saturated carbocycles. The van der Waals surface area contributed by atoms with Gasteiger partial charge in [-0.15, -0.1) is 0 Å². The zero-order valence-electron chi connectivity index (χ0n) is 17.1. The second kappa shape index (κ2) is 7.61. The molecule has 0 aliphatic carbocycles. The van der Waals surface area contributed by atoms with Gasteiger partial charge in [0.25, 0.3) is 12.0 Å². The minimum atomic E-state index is -0.543. The van der Waals surface area contributed by atoms with Gasteiger partial charge in [0.1, 0.15) is 12.1 Å². The monoisotopic (exact) mass is 420 g/mol. The lowest BCUT2D eigenvalue weighted by atomic mass is 10.0. The Morgan fingerprint density at radius 2 is 1.87 bits per heavy atom. The second-order valence-corrected chi connectivity index (χ2v) is 9.05. The van der Waals surface area contributed by atoms with Crippen molar-refractivity contribution in [3.8, 4) is 0 Å². The first-order chi connectivity index (χ1) is 14.4. The molecule has 0 saturated heterocycles. The van der Waals surface area contributed by atoms with Crippen LogP contribution in [0.4, 0.5) is 9.80 Å². The minimum Gasteiger partial charge on any atom is -0.268 e. The fraction of sp³-hybridized carbons (Fsp3) is 0.261. The highest BCUT2D eigenvalue weighted by molar-refractivity contribution is 7.16. The summed E-state index contributed by atoms with van der Waals surface area (Å²) in [7, 11) is 1.43. The predicted molar refractivity (Wildman–Crippen MR) is 118 cm³/mol. The predicted octanol–water partition coefficient (Wildman–Crippen LogP) is 4.91. The summed E-state index contributed by atoms with van der Waals surface area (Å²) in [6.45, 7) is 4.19. The standard InChI is InChI=1S/C23H22N3O3S/c1-15(2)13-26(24-14-27)22-20(21(28)25(3)23(26)29)12-18(30-22)11-17-9-6-8-16-7-4-5-10-19(16)17/h4-10,12,15H,11,13H2,1-3H3/q+1. The summed E-state index contributed by atoms with van der Waals surface area (Å²) >= 11 is 1.37. The van der Waals surface area contributed by atoms with Gasteiger partial charge in [0.05, 0.1) is 0 Å². The van der Waals surface area contributed by atoms with Gasteiger partial charge >= 0.3 is 6.03 Å². The topological polar surface area (TPSA) is 66.8 Å². The molecule has 4 rings (SSSR count). The Bertz CT molecular complexity index is 1200. The minimum absolute atomic E-state index is 0.0733. The highest BCUT2D eigenvalue weighted by atomic mass is 32.1. The smallest absolute Gasteiger partial charge is 0.268 e. The molecule has 152 valence electrons. The van der Waals surface area contributed by atoms with Gasteiger partial charge in [0.15, 0.2) is 0 Å². The van der Waals surface area contributed by atoms with E-state index in [1.165, 1.54) is 18.4 Å². The van der Waals surface area contributed by atoms with Crippen LogP contribution in [-0.2, 0) is 11.2 Å². The lowest BCUT2D eigenvalue weighted by Gasteiger charge is -2.34. The molecule has 0 fully saturated rings. The van der Waals surface area contributed by atoms with Crippen LogP contribution >= 0.6 is 11.3 Å².